The Hall–Kier alpha value is -3.55. The molecule has 1 unspecified atom stereocenters. The van der Waals surface area contributed by atoms with Crippen molar-refractivity contribution in [1.82, 2.24) is 9.38 Å². The third-order valence-electron chi connectivity index (χ3n) is 5.89. The van der Waals surface area contributed by atoms with Crippen LogP contribution >= 0.6 is 0 Å². The van der Waals surface area contributed by atoms with Gasteiger partial charge in [0.25, 0.3) is 5.56 Å². The summed E-state index contributed by atoms with van der Waals surface area (Å²) in [7, 11) is 1.50. The van der Waals surface area contributed by atoms with Gasteiger partial charge in [-0.05, 0) is 62.9 Å². The maximum absolute atomic E-state index is 12.9. The number of aromatic nitrogens is 2. The number of ether oxygens (including phenoxy) is 1. The number of rotatable bonds is 6. The predicted molar refractivity (Wildman–Crippen MR) is 124 cm³/mol. The van der Waals surface area contributed by atoms with Gasteiger partial charge in [-0.2, -0.15) is 0 Å². The molecule has 8 nitrogen and oxygen atoms in total. The molecule has 0 amide bonds. The Labute approximate surface area is 186 Å². The van der Waals surface area contributed by atoms with Crippen LogP contribution in [0, 0.1) is 6.92 Å². The molecular formula is C24H28N4O4. The highest BCUT2D eigenvalue weighted by Gasteiger charge is 2.20. The Kier molecular flexibility index (Phi) is 6.03. The van der Waals surface area contributed by atoms with E-state index in [1.807, 2.05) is 19.9 Å². The lowest BCUT2D eigenvalue weighted by Crippen LogP contribution is -2.32. The van der Waals surface area contributed by atoms with Crippen LogP contribution < -0.4 is 20.5 Å². The van der Waals surface area contributed by atoms with Gasteiger partial charge in [0.05, 0.1) is 18.7 Å². The Bertz CT molecular complexity index is 1210. The first-order chi connectivity index (χ1) is 15.4. The molecule has 4 rings (SSSR count). The molecular weight excluding hydrogens is 408 g/mol. The molecule has 168 valence electrons. The zero-order valence-corrected chi connectivity index (χ0v) is 18.6. The highest BCUT2D eigenvalue weighted by Crippen LogP contribution is 2.28. The van der Waals surface area contributed by atoms with Gasteiger partial charge in [0.2, 0.25) is 0 Å². The molecule has 1 saturated heterocycles. The third-order valence-corrected chi connectivity index (χ3v) is 5.89. The van der Waals surface area contributed by atoms with E-state index in [4.69, 9.17) is 9.72 Å². The van der Waals surface area contributed by atoms with Crippen LogP contribution in [-0.2, 0) is 0 Å². The number of aromatic carboxylic acids is 1. The van der Waals surface area contributed by atoms with E-state index in [2.05, 4.69) is 10.2 Å². The molecule has 0 radical (unpaired) electrons. The fourth-order valence-corrected chi connectivity index (χ4v) is 4.23. The Morgan fingerprint density at radius 3 is 2.62 bits per heavy atom. The van der Waals surface area contributed by atoms with Crippen molar-refractivity contribution in [2.45, 2.75) is 39.2 Å². The van der Waals surface area contributed by atoms with E-state index >= 15 is 0 Å². The van der Waals surface area contributed by atoms with Crippen LogP contribution in [0.15, 0.2) is 41.3 Å². The summed E-state index contributed by atoms with van der Waals surface area (Å²) in [6, 6.07) is 8.19. The molecule has 1 fully saturated rings. The topological polar surface area (TPSA) is 96.2 Å². The molecule has 1 atom stereocenters. The van der Waals surface area contributed by atoms with Crippen molar-refractivity contribution in [3.63, 3.8) is 0 Å². The average molecular weight is 437 g/mol. The number of hydrogen-bond donors (Lipinski definition) is 2. The number of aryl methyl sites for hydroxylation is 1. The van der Waals surface area contributed by atoms with Crippen LogP contribution in [0.3, 0.4) is 0 Å². The second-order valence-electron chi connectivity index (χ2n) is 8.25. The van der Waals surface area contributed by atoms with Gasteiger partial charge in [0, 0.05) is 36.6 Å². The lowest BCUT2D eigenvalue weighted by atomic mass is 10.1. The largest absolute Gasteiger partial charge is 0.497 e. The molecule has 8 heteroatoms. The predicted octanol–water partition coefficient (Wildman–Crippen LogP) is 3.87. The van der Waals surface area contributed by atoms with Crippen LogP contribution in [0.25, 0.3) is 5.65 Å². The van der Waals surface area contributed by atoms with Crippen LogP contribution in [0.2, 0.25) is 0 Å². The SMILES string of the molecule is COc1ccc(NC(C)c2cc(C)cn3c(=O)cc(N4CCCCC4)nc23)c(C(=O)O)c1. The number of nitrogens with zero attached hydrogens (tertiary/aromatic N) is 3. The normalized spacial score (nSPS) is 14.9. The first kappa shape index (κ1) is 21.7. The minimum Gasteiger partial charge on any atom is -0.497 e. The van der Waals surface area contributed by atoms with E-state index in [0.29, 0.717) is 22.9 Å². The van der Waals surface area contributed by atoms with Crippen molar-refractivity contribution in [2.24, 2.45) is 0 Å². The Morgan fingerprint density at radius 1 is 1.19 bits per heavy atom. The van der Waals surface area contributed by atoms with Crippen LogP contribution in [-0.4, -0.2) is 40.7 Å². The van der Waals surface area contributed by atoms with Gasteiger partial charge in [0.1, 0.15) is 17.2 Å². The lowest BCUT2D eigenvalue weighted by molar-refractivity contribution is 0.0697. The fraction of sp³-hybridized carbons (Fsp3) is 0.375. The summed E-state index contributed by atoms with van der Waals surface area (Å²) >= 11 is 0. The van der Waals surface area contributed by atoms with E-state index in [-0.39, 0.29) is 17.2 Å². The molecule has 32 heavy (non-hydrogen) atoms. The van der Waals surface area contributed by atoms with Gasteiger partial charge < -0.3 is 20.1 Å². The number of methoxy groups -OCH3 is 1. The summed E-state index contributed by atoms with van der Waals surface area (Å²) in [5, 5.41) is 12.9. The summed E-state index contributed by atoms with van der Waals surface area (Å²) < 4.78 is 6.74. The number of hydrogen-bond acceptors (Lipinski definition) is 6. The molecule has 3 heterocycles. The number of carboxylic acids is 1. The molecule has 0 bridgehead atoms. The summed E-state index contributed by atoms with van der Waals surface area (Å²) in [6.45, 7) is 5.65. The summed E-state index contributed by atoms with van der Waals surface area (Å²) in [5.74, 6) is 0.123. The maximum Gasteiger partial charge on any atom is 0.337 e. The Balaban J connectivity index is 1.77. The molecule has 0 aliphatic carbocycles. The second-order valence-corrected chi connectivity index (χ2v) is 8.25. The van der Waals surface area contributed by atoms with Crippen molar-refractivity contribution < 1.29 is 14.6 Å². The van der Waals surface area contributed by atoms with Crippen molar-refractivity contribution >= 4 is 23.1 Å². The number of pyridine rings is 1. The third kappa shape index (κ3) is 4.26. The van der Waals surface area contributed by atoms with E-state index in [1.54, 1.807) is 28.8 Å². The van der Waals surface area contributed by atoms with Crippen molar-refractivity contribution in [3.05, 3.63) is 63.6 Å². The highest BCUT2D eigenvalue weighted by atomic mass is 16.5. The number of piperidine rings is 1. The fourth-order valence-electron chi connectivity index (χ4n) is 4.23. The van der Waals surface area contributed by atoms with E-state index < -0.39 is 5.97 Å². The van der Waals surface area contributed by atoms with Crippen LogP contribution in [0.4, 0.5) is 11.5 Å². The molecule has 3 aromatic rings. The lowest BCUT2D eigenvalue weighted by Gasteiger charge is -2.28. The van der Waals surface area contributed by atoms with Gasteiger partial charge in [-0.15, -0.1) is 0 Å². The van der Waals surface area contributed by atoms with Gasteiger partial charge >= 0.3 is 5.97 Å². The summed E-state index contributed by atoms with van der Waals surface area (Å²) in [6.07, 6.45) is 5.17. The molecule has 0 spiro atoms. The van der Waals surface area contributed by atoms with Crippen LogP contribution in [0.5, 0.6) is 5.75 Å². The van der Waals surface area contributed by atoms with Gasteiger partial charge in [-0.25, -0.2) is 9.78 Å². The molecule has 1 aliphatic heterocycles. The number of carbonyl (C=O) groups is 1. The summed E-state index contributed by atoms with van der Waals surface area (Å²) in [5.41, 5.74) is 2.79. The number of nitrogens with one attached hydrogen (secondary N) is 1. The summed E-state index contributed by atoms with van der Waals surface area (Å²) in [4.78, 5) is 31.7. The number of anilines is 2. The van der Waals surface area contributed by atoms with Crippen LogP contribution in [0.1, 0.15) is 53.7 Å². The standard InChI is InChI=1S/C24H28N4O4/c1-15-11-18(16(2)25-20-8-7-17(32-3)12-19(20)24(30)31)23-26-21(13-22(29)28(23)14-15)27-9-5-4-6-10-27/h7-8,11-14,16,25H,4-6,9-10H2,1-3H3,(H,30,31). The average Bonchev–Trinajstić information content (AvgIpc) is 2.79. The number of carboxylic acid groups (broad SMARTS) is 1. The Morgan fingerprint density at radius 2 is 1.94 bits per heavy atom. The zero-order chi connectivity index (χ0) is 22.8. The van der Waals surface area contributed by atoms with Gasteiger partial charge in [-0.1, -0.05) is 0 Å². The first-order valence-electron chi connectivity index (χ1n) is 10.8. The number of benzene rings is 1. The monoisotopic (exact) mass is 436 g/mol. The number of fused-ring (bicyclic) bond motifs is 1. The van der Waals surface area contributed by atoms with Crippen molar-refractivity contribution in [2.75, 3.05) is 30.4 Å². The minimum atomic E-state index is -1.05. The van der Waals surface area contributed by atoms with E-state index in [0.717, 1.165) is 37.1 Å². The van der Waals surface area contributed by atoms with Gasteiger partial charge in [0.15, 0.2) is 0 Å². The quantitative estimate of drug-likeness (QED) is 0.605. The smallest absolute Gasteiger partial charge is 0.337 e. The molecule has 1 aliphatic rings. The minimum absolute atomic E-state index is 0.118. The van der Waals surface area contributed by atoms with E-state index in [1.165, 1.54) is 19.6 Å². The molecule has 0 saturated carbocycles. The maximum atomic E-state index is 12.9. The van der Waals surface area contributed by atoms with Crippen molar-refractivity contribution in [1.29, 1.82) is 0 Å². The van der Waals surface area contributed by atoms with Crippen molar-refractivity contribution in [3.8, 4) is 5.75 Å². The van der Waals surface area contributed by atoms with E-state index in [9.17, 15) is 14.7 Å². The molecule has 2 N–H and O–H groups in total. The second kappa shape index (κ2) is 8.90. The first-order valence-corrected chi connectivity index (χ1v) is 10.8. The zero-order valence-electron chi connectivity index (χ0n) is 18.6. The molecule has 2 aromatic heterocycles. The van der Waals surface area contributed by atoms with Gasteiger partial charge in [-0.3, -0.25) is 9.20 Å². The highest BCUT2D eigenvalue weighted by molar-refractivity contribution is 5.94. The molecule has 1 aromatic carbocycles.